The number of hydrogen-bond donors (Lipinski definition) is 2. The summed E-state index contributed by atoms with van der Waals surface area (Å²) < 4.78 is 32.7. The highest BCUT2D eigenvalue weighted by molar-refractivity contribution is 9.10. The lowest BCUT2D eigenvalue weighted by Crippen LogP contribution is -2.46. The second-order valence-corrected chi connectivity index (χ2v) is 7.17. The Balaban J connectivity index is 3.07. The molecule has 1 aromatic rings. The number of rotatable bonds is 5. The molecule has 0 aliphatic carbocycles. The predicted molar refractivity (Wildman–Crippen MR) is 74.8 cm³/mol. The maximum Gasteiger partial charge on any atom is 0.243 e. The Kier molecular flexibility index (Phi) is 4.77. The molecule has 0 saturated heterocycles. The molecule has 0 amide bonds. The standard InChI is InChI=1S/C11H17BrN2O3S/c1-11(2,7-17-3)14-18(15,16)10-5-4-8(12)6-9(10)13/h4-6,14H,7,13H2,1-3H3. The topological polar surface area (TPSA) is 81.4 Å². The van der Waals surface area contributed by atoms with E-state index in [0.717, 1.165) is 4.47 Å². The van der Waals surface area contributed by atoms with Crippen molar-refractivity contribution in [2.75, 3.05) is 19.5 Å². The summed E-state index contributed by atoms with van der Waals surface area (Å²) in [5.41, 5.74) is 5.22. The van der Waals surface area contributed by atoms with Crippen LogP contribution in [-0.2, 0) is 14.8 Å². The molecule has 1 rings (SSSR count). The Morgan fingerprint density at radius 1 is 1.44 bits per heavy atom. The highest BCUT2D eigenvalue weighted by Gasteiger charge is 2.27. The summed E-state index contributed by atoms with van der Waals surface area (Å²) in [4.78, 5) is 0.0647. The van der Waals surface area contributed by atoms with Crippen LogP contribution in [0, 0.1) is 0 Å². The molecule has 0 spiro atoms. The van der Waals surface area contributed by atoms with Gasteiger partial charge in [-0.25, -0.2) is 13.1 Å². The first-order valence-electron chi connectivity index (χ1n) is 5.26. The zero-order valence-corrected chi connectivity index (χ0v) is 12.9. The van der Waals surface area contributed by atoms with E-state index in [1.807, 2.05) is 0 Å². The molecule has 0 bridgehead atoms. The minimum Gasteiger partial charge on any atom is -0.398 e. The van der Waals surface area contributed by atoms with Crippen LogP contribution in [0.15, 0.2) is 27.6 Å². The van der Waals surface area contributed by atoms with Crippen LogP contribution in [0.3, 0.4) is 0 Å². The Morgan fingerprint density at radius 3 is 2.56 bits per heavy atom. The van der Waals surface area contributed by atoms with Crippen LogP contribution in [-0.4, -0.2) is 27.7 Å². The molecule has 0 aliphatic rings. The summed E-state index contributed by atoms with van der Waals surface area (Å²) in [5, 5.41) is 0. The average molecular weight is 337 g/mol. The van der Waals surface area contributed by atoms with E-state index in [2.05, 4.69) is 20.7 Å². The number of nitrogens with one attached hydrogen (secondary N) is 1. The smallest absolute Gasteiger partial charge is 0.243 e. The zero-order chi connectivity index (χ0) is 14.0. The molecule has 0 fully saturated rings. The second kappa shape index (κ2) is 5.56. The number of benzene rings is 1. The first-order valence-corrected chi connectivity index (χ1v) is 7.53. The number of hydrogen-bond acceptors (Lipinski definition) is 4. The van der Waals surface area contributed by atoms with E-state index in [1.165, 1.54) is 13.2 Å². The van der Waals surface area contributed by atoms with E-state index < -0.39 is 15.6 Å². The lowest BCUT2D eigenvalue weighted by atomic mass is 10.1. The third kappa shape index (κ3) is 3.94. The third-order valence-electron chi connectivity index (χ3n) is 2.18. The van der Waals surface area contributed by atoms with Gasteiger partial charge in [0.2, 0.25) is 10.0 Å². The van der Waals surface area contributed by atoms with Crippen molar-refractivity contribution in [3.63, 3.8) is 0 Å². The Labute approximate surface area is 116 Å². The quantitative estimate of drug-likeness (QED) is 0.802. The number of anilines is 1. The zero-order valence-electron chi connectivity index (χ0n) is 10.5. The summed E-state index contributed by atoms with van der Waals surface area (Å²) in [7, 11) is -2.15. The van der Waals surface area contributed by atoms with Crippen LogP contribution in [0.4, 0.5) is 5.69 Å². The van der Waals surface area contributed by atoms with Crippen LogP contribution in [0.1, 0.15) is 13.8 Å². The summed E-state index contributed by atoms with van der Waals surface area (Å²) in [6.45, 7) is 3.74. The maximum atomic E-state index is 12.2. The number of halogens is 1. The molecular formula is C11H17BrN2O3S. The number of ether oxygens (including phenoxy) is 1. The van der Waals surface area contributed by atoms with Crippen molar-refractivity contribution in [1.29, 1.82) is 0 Å². The molecule has 0 aromatic heterocycles. The molecule has 0 atom stereocenters. The van der Waals surface area contributed by atoms with Gasteiger partial charge in [-0.05, 0) is 32.0 Å². The fraction of sp³-hybridized carbons (Fsp3) is 0.455. The Bertz CT molecular complexity index is 529. The van der Waals surface area contributed by atoms with Gasteiger partial charge in [-0.1, -0.05) is 15.9 Å². The van der Waals surface area contributed by atoms with Crippen LogP contribution >= 0.6 is 15.9 Å². The van der Waals surface area contributed by atoms with Gasteiger partial charge in [0.25, 0.3) is 0 Å². The van der Waals surface area contributed by atoms with Gasteiger partial charge in [-0.3, -0.25) is 0 Å². The van der Waals surface area contributed by atoms with Crippen molar-refractivity contribution >= 4 is 31.6 Å². The normalized spacial score (nSPS) is 12.7. The number of methoxy groups -OCH3 is 1. The van der Waals surface area contributed by atoms with Crippen molar-refractivity contribution in [1.82, 2.24) is 4.72 Å². The third-order valence-corrected chi connectivity index (χ3v) is 4.44. The fourth-order valence-corrected chi connectivity index (χ4v) is 3.46. The van der Waals surface area contributed by atoms with Crippen LogP contribution in [0.5, 0.6) is 0 Å². The van der Waals surface area contributed by atoms with Crippen LogP contribution in [0.2, 0.25) is 0 Å². The van der Waals surface area contributed by atoms with Gasteiger partial charge >= 0.3 is 0 Å². The molecular weight excluding hydrogens is 320 g/mol. The van der Waals surface area contributed by atoms with Gasteiger partial charge in [0.15, 0.2) is 0 Å². The fourth-order valence-electron chi connectivity index (χ4n) is 1.57. The Morgan fingerprint density at radius 2 is 2.06 bits per heavy atom. The van der Waals surface area contributed by atoms with Crippen molar-refractivity contribution in [2.45, 2.75) is 24.3 Å². The molecule has 0 unspecified atom stereocenters. The molecule has 0 heterocycles. The first-order chi connectivity index (χ1) is 8.18. The van der Waals surface area contributed by atoms with Crippen LogP contribution in [0.25, 0.3) is 0 Å². The van der Waals surface area contributed by atoms with Gasteiger partial charge in [-0.2, -0.15) is 0 Å². The summed E-state index contributed by atoms with van der Waals surface area (Å²) >= 11 is 3.23. The van der Waals surface area contributed by atoms with Gasteiger partial charge in [0, 0.05) is 11.6 Å². The van der Waals surface area contributed by atoms with Crippen molar-refractivity contribution in [2.24, 2.45) is 0 Å². The van der Waals surface area contributed by atoms with Crippen molar-refractivity contribution in [3.05, 3.63) is 22.7 Å². The van der Waals surface area contributed by atoms with Crippen molar-refractivity contribution < 1.29 is 13.2 Å². The van der Waals surface area contributed by atoms with Gasteiger partial charge in [0.05, 0.1) is 17.8 Å². The van der Waals surface area contributed by atoms with Gasteiger partial charge in [-0.15, -0.1) is 0 Å². The molecule has 0 aliphatic heterocycles. The predicted octanol–water partition coefficient (Wildman–Crippen LogP) is 1.73. The van der Waals surface area contributed by atoms with E-state index in [-0.39, 0.29) is 17.2 Å². The minimum absolute atomic E-state index is 0.0647. The average Bonchev–Trinajstić information content (AvgIpc) is 2.14. The van der Waals surface area contributed by atoms with E-state index in [1.54, 1.807) is 26.0 Å². The van der Waals surface area contributed by atoms with Crippen LogP contribution < -0.4 is 10.5 Å². The lowest BCUT2D eigenvalue weighted by molar-refractivity contribution is 0.141. The first kappa shape index (κ1) is 15.4. The van der Waals surface area contributed by atoms with E-state index in [0.29, 0.717) is 0 Å². The largest absolute Gasteiger partial charge is 0.398 e. The van der Waals surface area contributed by atoms with E-state index in [4.69, 9.17) is 10.5 Å². The molecule has 3 N–H and O–H groups in total. The van der Waals surface area contributed by atoms with Crippen molar-refractivity contribution in [3.8, 4) is 0 Å². The summed E-state index contributed by atoms with van der Waals surface area (Å²) in [6.07, 6.45) is 0. The second-order valence-electron chi connectivity index (χ2n) is 4.60. The highest BCUT2D eigenvalue weighted by Crippen LogP contribution is 2.23. The lowest BCUT2D eigenvalue weighted by Gasteiger charge is -2.25. The monoisotopic (exact) mass is 336 g/mol. The SMILES string of the molecule is COCC(C)(C)NS(=O)(=O)c1ccc(Br)cc1N. The molecule has 1 aromatic carbocycles. The van der Waals surface area contributed by atoms with Gasteiger partial charge < -0.3 is 10.5 Å². The molecule has 7 heteroatoms. The summed E-state index contributed by atoms with van der Waals surface area (Å²) in [6, 6.07) is 4.65. The van der Waals surface area contributed by atoms with E-state index >= 15 is 0 Å². The molecule has 102 valence electrons. The minimum atomic E-state index is -3.66. The number of nitrogen functional groups attached to an aromatic ring is 1. The summed E-state index contributed by atoms with van der Waals surface area (Å²) in [5.74, 6) is 0. The maximum absolute atomic E-state index is 12.2. The molecule has 5 nitrogen and oxygen atoms in total. The van der Waals surface area contributed by atoms with E-state index in [9.17, 15) is 8.42 Å². The van der Waals surface area contributed by atoms with Gasteiger partial charge in [0.1, 0.15) is 4.90 Å². The number of nitrogens with two attached hydrogens (primary N) is 1. The molecule has 0 radical (unpaired) electrons. The molecule has 0 saturated carbocycles. The number of sulfonamides is 1. The molecule has 18 heavy (non-hydrogen) atoms. The highest BCUT2D eigenvalue weighted by atomic mass is 79.9. The Hall–Kier alpha value is -0.630.